The Morgan fingerprint density at radius 1 is 0.466 bits per heavy atom. The average Bonchev–Trinajstić information content (AvgIpc) is 3.56. The number of hydrogen-bond acceptors (Lipinski definition) is 2. The van der Waals surface area contributed by atoms with Crippen LogP contribution in [0, 0.1) is 0 Å². The van der Waals surface area contributed by atoms with Crippen molar-refractivity contribution in [3.05, 3.63) is 229 Å². The Hall–Kier alpha value is -6.94. The third-order valence-electron chi connectivity index (χ3n) is 12.9. The van der Waals surface area contributed by atoms with Gasteiger partial charge in [0.2, 0.25) is 0 Å². The first kappa shape index (κ1) is 34.3. The molecule has 276 valence electrons. The van der Waals surface area contributed by atoms with Crippen molar-refractivity contribution in [3.63, 3.8) is 0 Å². The molecule has 58 heavy (non-hydrogen) atoms. The van der Waals surface area contributed by atoms with Crippen LogP contribution in [0.2, 0.25) is 6.55 Å². The van der Waals surface area contributed by atoms with Crippen molar-refractivity contribution in [2.75, 3.05) is 4.90 Å². The SMILES string of the molecule is CC1(c2ccccc2)c2ccccc2-c2c1ccc1c2Oc2c(-c3ccc(N(c4ccccc4)c4cccc5ccccc45)cc3)cccc2[Si]1(C)c1ccccc1. The summed E-state index contributed by atoms with van der Waals surface area (Å²) in [6.45, 7) is 4.90. The van der Waals surface area contributed by atoms with E-state index in [0.717, 1.165) is 39.7 Å². The topological polar surface area (TPSA) is 12.5 Å². The predicted molar refractivity (Wildman–Crippen MR) is 245 cm³/mol. The van der Waals surface area contributed by atoms with Crippen LogP contribution >= 0.6 is 0 Å². The van der Waals surface area contributed by atoms with Crippen LogP contribution in [0.5, 0.6) is 11.5 Å². The molecule has 0 saturated heterocycles. The summed E-state index contributed by atoms with van der Waals surface area (Å²) in [5.74, 6) is 1.97. The van der Waals surface area contributed by atoms with Crippen LogP contribution in [0.3, 0.4) is 0 Å². The summed E-state index contributed by atoms with van der Waals surface area (Å²) in [4.78, 5) is 2.36. The maximum absolute atomic E-state index is 7.50. The van der Waals surface area contributed by atoms with Gasteiger partial charge in [-0.1, -0.05) is 189 Å². The first-order valence-corrected chi connectivity index (χ1v) is 22.7. The van der Waals surface area contributed by atoms with Crippen molar-refractivity contribution < 1.29 is 4.74 Å². The van der Waals surface area contributed by atoms with Crippen LogP contribution in [0.25, 0.3) is 33.0 Å². The minimum Gasteiger partial charge on any atom is -0.456 e. The lowest BCUT2D eigenvalue weighted by atomic mass is 9.74. The van der Waals surface area contributed by atoms with Crippen molar-refractivity contribution in [2.45, 2.75) is 18.9 Å². The first-order valence-electron chi connectivity index (χ1n) is 20.2. The zero-order chi connectivity index (χ0) is 38.8. The van der Waals surface area contributed by atoms with Crippen LogP contribution in [-0.2, 0) is 5.41 Å². The highest BCUT2D eigenvalue weighted by atomic mass is 28.3. The molecule has 1 heterocycles. The smallest absolute Gasteiger partial charge is 0.155 e. The molecule has 1 aliphatic heterocycles. The van der Waals surface area contributed by atoms with Gasteiger partial charge in [-0.2, -0.15) is 0 Å². The molecule has 11 rings (SSSR count). The molecule has 9 aromatic carbocycles. The Morgan fingerprint density at radius 3 is 1.86 bits per heavy atom. The van der Waals surface area contributed by atoms with E-state index in [2.05, 4.69) is 231 Å². The molecule has 2 nitrogen and oxygen atoms in total. The molecule has 2 atom stereocenters. The summed E-state index contributed by atoms with van der Waals surface area (Å²) >= 11 is 0. The predicted octanol–water partition coefficient (Wildman–Crippen LogP) is 12.5. The second-order valence-corrected chi connectivity index (χ2v) is 19.8. The van der Waals surface area contributed by atoms with Gasteiger partial charge in [0, 0.05) is 33.3 Å². The minimum absolute atomic E-state index is 0.319. The number of nitrogens with zero attached hydrogens (tertiary/aromatic N) is 1. The zero-order valence-electron chi connectivity index (χ0n) is 32.6. The van der Waals surface area contributed by atoms with Crippen LogP contribution in [-0.4, -0.2) is 8.07 Å². The lowest BCUT2D eigenvalue weighted by Crippen LogP contribution is -2.66. The van der Waals surface area contributed by atoms with E-state index in [1.54, 1.807) is 0 Å². The van der Waals surface area contributed by atoms with Gasteiger partial charge >= 0.3 is 0 Å². The molecule has 0 radical (unpaired) electrons. The fraction of sp³-hybridized carbons (Fsp3) is 0.0545. The van der Waals surface area contributed by atoms with Gasteiger partial charge in [-0.25, -0.2) is 0 Å². The van der Waals surface area contributed by atoms with E-state index in [9.17, 15) is 0 Å². The van der Waals surface area contributed by atoms with E-state index in [4.69, 9.17) is 4.74 Å². The molecule has 0 bridgehead atoms. The monoisotopic (exact) mass is 759 g/mol. The fourth-order valence-corrected chi connectivity index (χ4v) is 13.8. The molecule has 3 heteroatoms. The second-order valence-electron chi connectivity index (χ2n) is 15.9. The van der Waals surface area contributed by atoms with Crippen molar-refractivity contribution in [3.8, 4) is 33.8 Å². The van der Waals surface area contributed by atoms with E-state index >= 15 is 0 Å². The Kier molecular flexibility index (Phi) is 7.89. The molecule has 2 aliphatic rings. The standard InChI is InChI=1S/C55H41NOSi/c1-55(40-20-6-3-7-21-40)47-29-15-14-27-46(47)52-48(55)36-37-51-54(52)57-53-45(28-17-31-50(53)58(51,2)43-24-10-5-11-25-43)39-32-34-42(35-33-39)56(41-22-8-4-9-23-41)49-30-16-19-38-18-12-13-26-44(38)49/h3-37H,1-2H3. The number of rotatable bonds is 6. The third-order valence-corrected chi connectivity index (χ3v) is 17.3. The van der Waals surface area contributed by atoms with Gasteiger partial charge < -0.3 is 9.64 Å². The zero-order valence-corrected chi connectivity index (χ0v) is 33.6. The Balaban J connectivity index is 1.10. The Morgan fingerprint density at radius 2 is 1.07 bits per heavy atom. The van der Waals surface area contributed by atoms with Crippen molar-refractivity contribution in [2.24, 2.45) is 0 Å². The molecule has 0 aromatic heterocycles. The van der Waals surface area contributed by atoms with Crippen LogP contribution in [0.1, 0.15) is 23.6 Å². The van der Waals surface area contributed by atoms with Crippen molar-refractivity contribution in [1.29, 1.82) is 0 Å². The summed E-state index contributed by atoms with van der Waals surface area (Å²) < 4.78 is 7.50. The van der Waals surface area contributed by atoms with Gasteiger partial charge in [-0.3, -0.25) is 0 Å². The van der Waals surface area contributed by atoms with Gasteiger partial charge in [0.25, 0.3) is 0 Å². The van der Waals surface area contributed by atoms with Gasteiger partial charge in [-0.15, -0.1) is 0 Å². The highest BCUT2D eigenvalue weighted by Gasteiger charge is 2.48. The molecule has 0 fully saturated rings. The van der Waals surface area contributed by atoms with Gasteiger partial charge in [0.15, 0.2) is 8.07 Å². The fourth-order valence-electron chi connectivity index (χ4n) is 9.93. The molecule has 0 N–H and O–H groups in total. The summed E-state index contributed by atoms with van der Waals surface area (Å²) in [5, 5.41) is 6.42. The molecule has 9 aromatic rings. The number of benzene rings is 9. The van der Waals surface area contributed by atoms with Crippen LogP contribution in [0.15, 0.2) is 212 Å². The number of fused-ring (bicyclic) bond motifs is 7. The molecule has 0 spiro atoms. The Labute approximate surface area is 341 Å². The molecular formula is C55H41NOSi. The average molecular weight is 760 g/mol. The van der Waals surface area contributed by atoms with E-state index in [0.29, 0.717) is 0 Å². The van der Waals surface area contributed by atoms with Crippen molar-refractivity contribution >= 4 is 51.5 Å². The first-order chi connectivity index (χ1) is 28.5. The summed E-state index contributed by atoms with van der Waals surface area (Å²) in [7, 11) is -2.58. The van der Waals surface area contributed by atoms with E-state index < -0.39 is 8.07 Å². The van der Waals surface area contributed by atoms with E-state index in [1.807, 2.05) is 0 Å². The number of para-hydroxylation sites is 2. The lowest BCUT2D eigenvalue weighted by molar-refractivity contribution is 0.489. The van der Waals surface area contributed by atoms with Gasteiger partial charge in [0.1, 0.15) is 11.5 Å². The largest absolute Gasteiger partial charge is 0.456 e. The van der Waals surface area contributed by atoms with Crippen LogP contribution < -0.4 is 25.2 Å². The molecule has 1 aliphatic carbocycles. The van der Waals surface area contributed by atoms with Crippen LogP contribution in [0.4, 0.5) is 17.1 Å². The maximum Gasteiger partial charge on any atom is 0.155 e. The maximum atomic E-state index is 7.50. The summed E-state index contributed by atoms with van der Waals surface area (Å²) in [5.41, 5.74) is 11.7. The van der Waals surface area contributed by atoms with E-state index in [1.165, 1.54) is 54.1 Å². The summed E-state index contributed by atoms with van der Waals surface area (Å²) in [6, 6.07) is 77.6. The lowest BCUT2D eigenvalue weighted by Gasteiger charge is -2.38. The quantitative estimate of drug-likeness (QED) is 0.157. The van der Waals surface area contributed by atoms with Crippen molar-refractivity contribution in [1.82, 2.24) is 0 Å². The molecule has 2 unspecified atom stereocenters. The highest BCUT2D eigenvalue weighted by molar-refractivity contribution is 7.12. The molecule has 0 saturated carbocycles. The van der Waals surface area contributed by atoms with E-state index in [-0.39, 0.29) is 5.41 Å². The number of hydrogen-bond donors (Lipinski definition) is 0. The second kappa shape index (κ2) is 13.3. The van der Waals surface area contributed by atoms with Gasteiger partial charge in [0.05, 0.1) is 5.69 Å². The Bertz CT molecular complexity index is 2990. The molecular weight excluding hydrogens is 719 g/mol. The van der Waals surface area contributed by atoms with Gasteiger partial charge in [-0.05, 0) is 86.0 Å². The minimum atomic E-state index is -2.58. The highest BCUT2D eigenvalue weighted by Crippen LogP contribution is 2.56. The normalized spacial score (nSPS) is 17.4. The third kappa shape index (κ3) is 5.03. The molecule has 0 amide bonds. The summed E-state index contributed by atoms with van der Waals surface area (Å²) in [6.07, 6.45) is 0. The number of anilines is 3. The number of ether oxygens (including phenoxy) is 1.